The Hall–Kier alpha value is -0.810. The van der Waals surface area contributed by atoms with Gasteiger partial charge in [0.1, 0.15) is 13.2 Å². The molecule has 0 bridgehead atoms. The van der Waals surface area contributed by atoms with Crippen LogP contribution >= 0.6 is 0 Å². The summed E-state index contributed by atoms with van der Waals surface area (Å²) in [5, 5.41) is 0. The average molecular weight is 234 g/mol. The summed E-state index contributed by atoms with van der Waals surface area (Å²) in [7, 11) is 1.54. The molecule has 0 aromatic heterocycles. The van der Waals surface area contributed by atoms with Gasteiger partial charge in [-0.2, -0.15) is 0 Å². The van der Waals surface area contributed by atoms with E-state index in [1.54, 1.807) is 0 Å². The van der Waals surface area contributed by atoms with Crippen LogP contribution in [0.25, 0.3) is 0 Å². The first-order valence-electron chi connectivity index (χ1n) is 5.46. The Balaban J connectivity index is 3.43. The molecule has 0 aromatic rings. The van der Waals surface area contributed by atoms with Gasteiger partial charge in [0.2, 0.25) is 0 Å². The molecular weight excluding hydrogens is 212 g/mol. The Morgan fingerprint density at radius 3 is 2.31 bits per heavy atom. The molecule has 0 N–H and O–H groups in total. The third-order valence-electron chi connectivity index (χ3n) is 1.66. The van der Waals surface area contributed by atoms with Gasteiger partial charge in [-0.15, -0.1) is 0 Å². The summed E-state index contributed by atoms with van der Waals surface area (Å²) in [6.07, 6.45) is -0.797. The van der Waals surface area contributed by atoms with Crippen molar-refractivity contribution < 1.29 is 23.7 Å². The van der Waals surface area contributed by atoms with E-state index in [4.69, 9.17) is 18.9 Å². The van der Waals surface area contributed by atoms with Crippen LogP contribution in [0.3, 0.4) is 0 Å². The highest BCUT2D eigenvalue weighted by molar-refractivity contribution is 5.59. The second-order valence-electron chi connectivity index (χ2n) is 3.94. The monoisotopic (exact) mass is 234 g/mol. The zero-order valence-electron chi connectivity index (χ0n) is 10.5. The Kier molecular flexibility index (Phi) is 8.94. The van der Waals surface area contributed by atoms with Gasteiger partial charge >= 0.3 is 6.16 Å². The first-order chi connectivity index (χ1) is 7.56. The predicted molar refractivity (Wildman–Crippen MR) is 59.4 cm³/mol. The summed E-state index contributed by atoms with van der Waals surface area (Å²) in [6, 6.07) is 0. The smallest absolute Gasteiger partial charge is 0.432 e. The van der Waals surface area contributed by atoms with Crippen LogP contribution in [0.5, 0.6) is 0 Å². The first kappa shape index (κ1) is 15.2. The minimum absolute atomic E-state index is 0.114. The molecule has 0 saturated carbocycles. The van der Waals surface area contributed by atoms with Crippen LogP contribution in [0.2, 0.25) is 0 Å². The molecule has 5 nitrogen and oxygen atoms in total. The lowest BCUT2D eigenvalue weighted by molar-refractivity contribution is -0.0200. The summed E-state index contributed by atoms with van der Waals surface area (Å²) in [5.74, 6) is 0.469. The molecule has 0 saturated heterocycles. The molecule has 16 heavy (non-hydrogen) atoms. The van der Waals surface area contributed by atoms with E-state index in [0.717, 1.165) is 0 Å². The summed E-state index contributed by atoms with van der Waals surface area (Å²) in [4.78, 5) is 11.0. The summed E-state index contributed by atoms with van der Waals surface area (Å²) >= 11 is 0. The van der Waals surface area contributed by atoms with Crippen LogP contribution in [0.4, 0.5) is 4.79 Å². The average Bonchev–Trinajstić information content (AvgIpc) is 2.24. The van der Waals surface area contributed by atoms with E-state index in [2.05, 4.69) is 13.8 Å². The van der Waals surface area contributed by atoms with Crippen LogP contribution in [0.1, 0.15) is 20.8 Å². The number of carbonyl (C=O) groups excluding carboxylic acids is 1. The molecule has 0 aliphatic rings. The first-order valence-corrected chi connectivity index (χ1v) is 5.46. The van der Waals surface area contributed by atoms with E-state index in [9.17, 15) is 4.79 Å². The van der Waals surface area contributed by atoms with E-state index < -0.39 is 6.16 Å². The fourth-order valence-electron chi connectivity index (χ4n) is 0.840. The third-order valence-corrected chi connectivity index (χ3v) is 1.66. The van der Waals surface area contributed by atoms with Crippen molar-refractivity contribution in [2.24, 2.45) is 5.92 Å². The molecule has 96 valence electrons. The van der Waals surface area contributed by atoms with Gasteiger partial charge in [0.25, 0.3) is 0 Å². The van der Waals surface area contributed by atoms with Crippen molar-refractivity contribution in [3.8, 4) is 0 Å². The van der Waals surface area contributed by atoms with Crippen molar-refractivity contribution in [2.75, 3.05) is 33.5 Å². The zero-order valence-corrected chi connectivity index (χ0v) is 10.5. The standard InChI is InChI=1S/C11H22O5/c1-9(2)7-15-10(3)8-16-11(12)14-6-5-13-4/h9-10H,5-8H2,1-4H3. The van der Waals surface area contributed by atoms with Crippen molar-refractivity contribution in [1.29, 1.82) is 0 Å². The highest BCUT2D eigenvalue weighted by Crippen LogP contribution is 1.99. The van der Waals surface area contributed by atoms with E-state index in [1.165, 1.54) is 7.11 Å². The molecule has 0 fully saturated rings. The maximum Gasteiger partial charge on any atom is 0.508 e. The molecule has 0 spiro atoms. The second-order valence-corrected chi connectivity index (χ2v) is 3.94. The SMILES string of the molecule is COCCOC(=O)OCC(C)OCC(C)C. The van der Waals surface area contributed by atoms with Gasteiger partial charge in [-0.25, -0.2) is 4.79 Å². The maximum atomic E-state index is 11.0. The molecular formula is C11H22O5. The van der Waals surface area contributed by atoms with Crippen LogP contribution < -0.4 is 0 Å². The lowest BCUT2D eigenvalue weighted by Crippen LogP contribution is -2.22. The Bertz CT molecular complexity index is 181. The molecule has 0 aliphatic carbocycles. The summed E-state index contributed by atoms with van der Waals surface area (Å²) in [6.45, 7) is 7.41. The van der Waals surface area contributed by atoms with Gasteiger partial charge in [0.15, 0.2) is 0 Å². The maximum absolute atomic E-state index is 11.0. The zero-order chi connectivity index (χ0) is 12.4. The van der Waals surface area contributed by atoms with Gasteiger partial charge in [0, 0.05) is 13.7 Å². The van der Waals surface area contributed by atoms with E-state index in [1.807, 2.05) is 6.92 Å². The van der Waals surface area contributed by atoms with Crippen molar-refractivity contribution in [3.05, 3.63) is 0 Å². The molecule has 0 heterocycles. The molecule has 1 unspecified atom stereocenters. The predicted octanol–water partition coefficient (Wildman–Crippen LogP) is 1.85. The Morgan fingerprint density at radius 2 is 1.75 bits per heavy atom. The fraction of sp³-hybridized carbons (Fsp3) is 0.909. The van der Waals surface area contributed by atoms with E-state index >= 15 is 0 Å². The van der Waals surface area contributed by atoms with Crippen molar-refractivity contribution >= 4 is 6.16 Å². The van der Waals surface area contributed by atoms with Crippen molar-refractivity contribution in [2.45, 2.75) is 26.9 Å². The van der Waals surface area contributed by atoms with Gasteiger partial charge < -0.3 is 18.9 Å². The number of ether oxygens (including phenoxy) is 4. The molecule has 5 heteroatoms. The number of methoxy groups -OCH3 is 1. The minimum atomic E-state index is -0.683. The van der Waals surface area contributed by atoms with E-state index in [-0.39, 0.29) is 19.3 Å². The third kappa shape index (κ3) is 9.73. The molecule has 0 amide bonds. The molecule has 0 aliphatic heterocycles. The summed E-state index contributed by atoms with van der Waals surface area (Å²) < 4.78 is 19.7. The van der Waals surface area contributed by atoms with Crippen LogP contribution in [-0.2, 0) is 18.9 Å². The quantitative estimate of drug-likeness (QED) is 0.474. The number of hydrogen-bond acceptors (Lipinski definition) is 5. The fourth-order valence-corrected chi connectivity index (χ4v) is 0.840. The molecule has 0 radical (unpaired) electrons. The second kappa shape index (κ2) is 9.42. The van der Waals surface area contributed by atoms with Crippen molar-refractivity contribution in [3.63, 3.8) is 0 Å². The van der Waals surface area contributed by atoms with Gasteiger partial charge in [-0.05, 0) is 12.8 Å². The molecule has 0 aromatic carbocycles. The molecule has 0 rings (SSSR count). The van der Waals surface area contributed by atoms with E-state index in [0.29, 0.717) is 19.1 Å². The van der Waals surface area contributed by atoms with Crippen LogP contribution in [-0.4, -0.2) is 45.8 Å². The lowest BCUT2D eigenvalue weighted by atomic mass is 10.2. The van der Waals surface area contributed by atoms with Gasteiger partial charge in [0.05, 0.1) is 12.7 Å². The highest BCUT2D eigenvalue weighted by atomic mass is 16.7. The van der Waals surface area contributed by atoms with Crippen LogP contribution in [0.15, 0.2) is 0 Å². The normalized spacial score (nSPS) is 12.6. The topological polar surface area (TPSA) is 54.0 Å². The summed E-state index contributed by atoms with van der Waals surface area (Å²) in [5.41, 5.74) is 0. The van der Waals surface area contributed by atoms with Gasteiger partial charge in [-0.3, -0.25) is 0 Å². The number of rotatable bonds is 8. The number of hydrogen-bond donors (Lipinski definition) is 0. The Morgan fingerprint density at radius 1 is 1.06 bits per heavy atom. The van der Waals surface area contributed by atoms with Crippen LogP contribution in [0, 0.1) is 5.92 Å². The molecule has 1 atom stereocenters. The Labute approximate surface area is 97.0 Å². The van der Waals surface area contributed by atoms with Crippen molar-refractivity contribution in [1.82, 2.24) is 0 Å². The van der Waals surface area contributed by atoms with Gasteiger partial charge in [-0.1, -0.05) is 13.8 Å². The number of carbonyl (C=O) groups is 1. The lowest BCUT2D eigenvalue weighted by Gasteiger charge is -2.14. The largest absolute Gasteiger partial charge is 0.508 e. The highest BCUT2D eigenvalue weighted by Gasteiger charge is 2.09. The minimum Gasteiger partial charge on any atom is -0.432 e.